The number of aromatic nitrogens is 2. The number of likely N-dealkylation sites (tertiary alicyclic amines) is 1. The second-order valence-electron chi connectivity index (χ2n) is 10.5. The Hall–Kier alpha value is -4.37. The summed E-state index contributed by atoms with van der Waals surface area (Å²) in [6, 6.07) is 22.0. The van der Waals surface area contributed by atoms with Crippen molar-refractivity contribution in [3.8, 4) is 16.9 Å². The van der Waals surface area contributed by atoms with Crippen molar-refractivity contribution < 1.29 is 14.1 Å². The average Bonchev–Trinajstić information content (AvgIpc) is 3.28. The maximum absolute atomic E-state index is 13.1. The second-order valence-corrected chi connectivity index (χ2v) is 10.5. The van der Waals surface area contributed by atoms with Crippen molar-refractivity contribution in [3.05, 3.63) is 110 Å². The van der Waals surface area contributed by atoms with Crippen LogP contribution in [0.3, 0.4) is 0 Å². The molecule has 3 aromatic carbocycles. The minimum atomic E-state index is -0.775. The summed E-state index contributed by atoms with van der Waals surface area (Å²) in [6.07, 6.45) is 2.01. The van der Waals surface area contributed by atoms with Gasteiger partial charge < -0.3 is 19.1 Å². The van der Waals surface area contributed by atoms with Gasteiger partial charge in [0.15, 0.2) is 0 Å². The lowest BCUT2D eigenvalue weighted by Crippen LogP contribution is -2.44. The van der Waals surface area contributed by atoms with Crippen LogP contribution in [0, 0.1) is 6.92 Å². The molecule has 1 aliphatic rings. The van der Waals surface area contributed by atoms with E-state index < -0.39 is 11.4 Å². The maximum Gasteiger partial charge on any atom is 0.440 e. The standard InChI is InChI=1S/C31H34N4O5/c1-21-17-25(29(36)34-15-13-26(14-16-34)33(2)3)9-12-28(21)24-6-4-5-23(18-24)20-39-27-10-7-22(8-11-27)19-35-30(37)32-31(38)40-35/h4-12,17-18,26H,13-16,19-20H2,1-3H3,(H,32,37,38). The molecule has 0 aliphatic carbocycles. The Labute approximate surface area is 232 Å². The van der Waals surface area contributed by atoms with Crippen molar-refractivity contribution in [2.24, 2.45) is 0 Å². The molecule has 1 saturated heterocycles. The molecule has 5 rings (SSSR count). The van der Waals surface area contributed by atoms with E-state index in [2.05, 4.69) is 36.1 Å². The van der Waals surface area contributed by atoms with E-state index in [0.717, 1.165) is 64.1 Å². The molecule has 0 atom stereocenters. The van der Waals surface area contributed by atoms with Crippen LogP contribution in [-0.2, 0) is 13.2 Å². The number of rotatable bonds is 8. The van der Waals surface area contributed by atoms with Crippen LogP contribution in [0.5, 0.6) is 5.75 Å². The van der Waals surface area contributed by atoms with E-state index in [0.29, 0.717) is 18.4 Å². The first-order chi connectivity index (χ1) is 19.3. The smallest absolute Gasteiger partial charge is 0.440 e. The van der Waals surface area contributed by atoms with Gasteiger partial charge in [-0.25, -0.2) is 14.6 Å². The third kappa shape index (κ3) is 6.26. The number of nitrogens with zero attached hydrogens (tertiary/aromatic N) is 3. The van der Waals surface area contributed by atoms with E-state index in [1.165, 1.54) is 0 Å². The summed E-state index contributed by atoms with van der Waals surface area (Å²) in [7, 11) is 4.20. The number of aromatic amines is 1. The molecule has 0 bridgehead atoms. The third-order valence-electron chi connectivity index (χ3n) is 7.48. The number of H-pyrrole nitrogens is 1. The molecular weight excluding hydrogens is 508 g/mol. The lowest BCUT2D eigenvalue weighted by Gasteiger charge is -2.35. The fourth-order valence-electron chi connectivity index (χ4n) is 5.16. The van der Waals surface area contributed by atoms with E-state index in [1.54, 1.807) is 0 Å². The first kappa shape index (κ1) is 27.2. The highest BCUT2D eigenvalue weighted by Gasteiger charge is 2.25. The number of aryl methyl sites for hydroxylation is 1. The number of amides is 1. The average molecular weight is 543 g/mol. The highest BCUT2D eigenvalue weighted by atomic mass is 16.5. The van der Waals surface area contributed by atoms with Crippen LogP contribution in [0.1, 0.15) is 39.9 Å². The molecule has 0 unspecified atom stereocenters. The van der Waals surface area contributed by atoms with Gasteiger partial charge in [-0.1, -0.05) is 36.4 Å². The Morgan fingerprint density at radius 3 is 2.40 bits per heavy atom. The van der Waals surface area contributed by atoms with Crippen molar-refractivity contribution in [1.82, 2.24) is 19.5 Å². The molecule has 1 fully saturated rings. The van der Waals surface area contributed by atoms with Crippen LogP contribution in [0.25, 0.3) is 11.1 Å². The molecule has 0 saturated carbocycles. The van der Waals surface area contributed by atoms with Gasteiger partial charge in [-0.05, 0) is 92.0 Å². The molecule has 0 radical (unpaired) electrons. The zero-order valence-electron chi connectivity index (χ0n) is 23.1. The number of carbonyl (C=O) groups is 1. The van der Waals surface area contributed by atoms with Gasteiger partial charge in [-0.2, -0.15) is 0 Å². The molecule has 1 aliphatic heterocycles. The van der Waals surface area contributed by atoms with Crippen molar-refractivity contribution in [1.29, 1.82) is 0 Å². The SMILES string of the molecule is Cc1cc(C(=O)N2CCC(N(C)C)CC2)ccc1-c1cccc(COc2ccc(Cn3oc(=O)[nH]c3=O)cc2)c1. The highest BCUT2D eigenvalue weighted by Crippen LogP contribution is 2.27. The van der Waals surface area contributed by atoms with Gasteiger partial charge in [-0.15, -0.1) is 4.74 Å². The van der Waals surface area contributed by atoms with Crippen molar-refractivity contribution in [2.75, 3.05) is 27.2 Å². The summed E-state index contributed by atoms with van der Waals surface area (Å²) in [6.45, 7) is 4.16. The number of hydrogen-bond acceptors (Lipinski definition) is 6. The van der Waals surface area contributed by atoms with Gasteiger partial charge in [0, 0.05) is 24.7 Å². The summed E-state index contributed by atoms with van der Waals surface area (Å²) in [5, 5.41) is 0. The zero-order chi connectivity index (χ0) is 28.2. The van der Waals surface area contributed by atoms with Crippen LogP contribution in [0.2, 0.25) is 0 Å². The Morgan fingerprint density at radius 1 is 1.00 bits per heavy atom. The molecule has 1 N–H and O–H groups in total. The first-order valence-electron chi connectivity index (χ1n) is 13.4. The summed E-state index contributed by atoms with van der Waals surface area (Å²) < 4.78 is 11.8. The van der Waals surface area contributed by atoms with Crippen molar-refractivity contribution in [2.45, 2.75) is 39.0 Å². The molecule has 0 spiro atoms. The first-order valence-corrected chi connectivity index (χ1v) is 13.4. The van der Waals surface area contributed by atoms with Gasteiger partial charge in [0.05, 0.1) is 6.54 Å². The number of benzene rings is 3. The predicted molar refractivity (Wildman–Crippen MR) is 153 cm³/mol. The maximum atomic E-state index is 13.1. The van der Waals surface area contributed by atoms with Gasteiger partial charge in [0.1, 0.15) is 12.4 Å². The topological polar surface area (TPSA) is 101 Å². The van der Waals surface area contributed by atoms with Gasteiger partial charge in [0.2, 0.25) is 0 Å². The largest absolute Gasteiger partial charge is 0.489 e. The highest BCUT2D eigenvalue weighted by molar-refractivity contribution is 5.95. The number of hydrogen-bond donors (Lipinski definition) is 1. The number of piperidine rings is 1. The second kappa shape index (κ2) is 11.8. The number of nitrogens with one attached hydrogen (secondary N) is 1. The number of ether oxygens (including phenoxy) is 1. The Kier molecular flexibility index (Phi) is 8.02. The molecule has 208 valence electrons. The van der Waals surface area contributed by atoms with E-state index in [-0.39, 0.29) is 12.5 Å². The van der Waals surface area contributed by atoms with Crippen LogP contribution in [0.4, 0.5) is 0 Å². The van der Waals surface area contributed by atoms with Crippen molar-refractivity contribution in [3.63, 3.8) is 0 Å². The zero-order valence-corrected chi connectivity index (χ0v) is 23.1. The van der Waals surface area contributed by atoms with E-state index in [4.69, 9.17) is 9.26 Å². The quantitative estimate of drug-likeness (QED) is 0.363. The summed E-state index contributed by atoms with van der Waals surface area (Å²) in [4.78, 5) is 42.2. The predicted octanol–water partition coefficient (Wildman–Crippen LogP) is 3.90. The third-order valence-corrected chi connectivity index (χ3v) is 7.48. The minimum Gasteiger partial charge on any atom is -0.489 e. The van der Waals surface area contributed by atoms with Gasteiger partial charge in [0.25, 0.3) is 5.91 Å². The van der Waals surface area contributed by atoms with Crippen molar-refractivity contribution >= 4 is 5.91 Å². The van der Waals surface area contributed by atoms with Crippen LogP contribution in [-0.4, -0.2) is 58.7 Å². The summed E-state index contributed by atoms with van der Waals surface area (Å²) >= 11 is 0. The van der Waals surface area contributed by atoms with Crippen LogP contribution in [0.15, 0.2) is 80.8 Å². The Bertz CT molecular complexity index is 1590. The molecule has 9 nitrogen and oxygen atoms in total. The molecular formula is C31H34N4O5. The molecule has 9 heteroatoms. The number of carbonyl (C=O) groups excluding carboxylic acids is 1. The monoisotopic (exact) mass is 542 g/mol. The Morgan fingerprint density at radius 2 is 1.75 bits per heavy atom. The lowest BCUT2D eigenvalue weighted by molar-refractivity contribution is 0.0663. The lowest BCUT2D eigenvalue weighted by atomic mass is 9.96. The van der Waals surface area contributed by atoms with Gasteiger partial charge in [-0.3, -0.25) is 4.79 Å². The molecule has 40 heavy (non-hydrogen) atoms. The Balaban J connectivity index is 1.21. The summed E-state index contributed by atoms with van der Waals surface area (Å²) in [5.41, 5.74) is 5.18. The molecule has 2 heterocycles. The fraction of sp³-hybridized carbons (Fsp3) is 0.323. The minimum absolute atomic E-state index is 0.102. The van der Waals surface area contributed by atoms with Crippen LogP contribution < -0.4 is 16.2 Å². The fourth-order valence-corrected chi connectivity index (χ4v) is 5.16. The van der Waals surface area contributed by atoms with Crippen LogP contribution >= 0.6 is 0 Å². The molecule has 4 aromatic rings. The van der Waals surface area contributed by atoms with E-state index in [9.17, 15) is 14.4 Å². The van der Waals surface area contributed by atoms with E-state index >= 15 is 0 Å². The summed E-state index contributed by atoms with van der Waals surface area (Å²) in [5.74, 6) is 0.0121. The van der Waals surface area contributed by atoms with Gasteiger partial charge >= 0.3 is 11.4 Å². The molecule has 1 aromatic heterocycles. The normalized spacial score (nSPS) is 14.1. The van der Waals surface area contributed by atoms with E-state index in [1.807, 2.05) is 66.4 Å². The molecule has 1 amide bonds.